The molecule has 8 heteroatoms. The van der Waals surface area contributed by atoms with Gasteiger partial charge in [-0.3, -0.25) is 14.6 Å². The number of morpholine rings is 1. The predicted molar refractivity (Wildman–Crippen MR) is 130 cm³/mol. The van der Waals surface area contributed by atoms with E-state index >= 15 is 0 Å². The topological polar surface area (TPSA) is 54.9 Å². The highest BCUT2D eigenvalue weighted by Crippen LogP contribution is 2.31. The summed E-state index contributed by atoms with van der Waals surface area (Å²) in [5, 5.41) is 1.40. The van der Waals surface area contributed by atoms with Crippen LogP contribution in [-0.2, 0) is 16.0 Å². The fourth-order valence-electron chi connectivity index (χ4n) is 3.75. The third-order valence-electron chi connectivity index (χ3n) is 5.42. The lowest BCUT2D eigenvalue weighted by Gasteiger charge is -2.27. The summed E-state index contributed by atoms with van der Waals surface area (Å²) in [4.78, 5) is 22.3. The van der Waals surface area contributed by atoms with E-state index in [2.05, 4.69) is 4.90 Å². The molecule has 1 aliphatic rings. The minimum atomic E-state index is 0.0429. The van der Waals surface area contributed by atoms with Gasteiger partial charge < -0.3 is 9.47 Å². The van der Waals surface area contributed by atoms with Gasteiger partial charge in [0.15, 0.2) is 5.13 Å². The van der Waals surface area contributed by atoms with Crippen LogP contribution in [0, 0.1) is 0 Å². The lowest BCUT2D eigenvalue weighted by atomic mass is 10.1. The molecule has 2 aromatic carbocycles. The number of thiazole rings is 1. The minimum absolute atomic E-state index is 0.0429. The molecule has 170 valence electrons. The number of hydrogen-bond acceptors (Lipinski definition) is 6. The summed E-state index contributed by atoms with van der Waals surface area (Å²) < 4.78 is 11.9. The quantitative estimate of drug-likeness (QED) is 0.453. The Kier molecular flexibility index (Phi) is 7.97. The number of ether oxygens (including phenoxy) is 2. The van der Waals surface area contributed by atoms with E-state index in [1.54, 1.807) is 0 Å². The van der Waals surface area contributed by atoms with Crippen LogP contribution >= 0.6 is 22.9 Å². The maximum absolute atomic E-state index is 13.4. The molecule has 0 N–H and O–H groups in total. The number of amides is 1. The first-order chi connectivity index (χ1) is 15.6. The van der Waals surface area contributed by atoms with Crippen molar-refractivity contribution in [1.82, 2.24) is 9.88 Å². The number of carbonyl (C=O) groups excluding carboxylic acids is 1. The Morgan fingerprint density at radius 1 is 1.22 bits per heavy atom. The van der Waals surface area contributed by atoms with Crippen molar-refractivity contribution in [3.05, 3.63) is 53.1 Å². The molecule has 4 rings (SSSR count). The zero-order chi connectivity index (χ0) is 22.3. The highest BCUT2D eigenvalue weighted by Gasteiger charge is 2.21. The van der Waals surface area contributed by atoms with Crippen LogP contribution in [0.1, 0.15) is 18.9 Å². The number of hydrogen-bond donors (Lipinski definition) is 0. The van der Waals surface area contributed by atoms with Gasteiger partial charge in [0.1, 0.15) is 5.75 Å². The number of nitrogens with zero attached hydrogens (tertiary/aromatic N) is 3. The van der Waals surface area contributed by atoms with Crippen LogP contribution in [0.25, 0.3) is 10.2 Å². The predicted octanol–water partition coefficient (Wildman–Crippen LogP) is 4.65. The second-order valence-electron chi connectivity index (χ2n) is 7.72. The molecule has 0 spiro atoms. The van der Waals surface area contributed by atoms with Crippen molar-refractivity contribution in [3.8, 4) is 5.75 Å². The van der Waals surface area contributed by atoms with Gasteiger partial charge in [-0.2, -0.15) is 0 Å². The maximum Gasteiger partial charge on any atom is 0.233 e. The molecule has 1 amide bonds. The summed E-state index contributed by atoms with van der Waals surface area (Å²) in [6.45, 7) is 7.58. The van der Waals surface area contributed by atoms with Crippen molar-refractivity contribution in [2.45, 2.75) is 19.8 Å². The normalized spacial score (nSPS) is 14.6. The number of carbonyl (C=O) groups is 1. The van der Waals surface area contributed by atoms with Crippen molar-refractivity contribution in [2.75, 3.05) is 50.9 Å². The van der Waals surface area contributed by atoms with Gasteiger partial charge in [0.05, 0.1) is 36.5 Å². The molecule has 0 radical (unpaired) electrons. The molecular weight excluding hydrogens is 446 g/mol. The monoisotopic (exact) mass is 473 g/mol. The van der Waals surface area contributed by atoms with Gasteiger partial charge in [-0.05, 0) is 49.2 Å². The van der Waals surface area contributed by atoms with Crippen LogP contribution in [-0.4, -0.2) is 61.8 Å². The summed E-state index contributed by atoms with van der Waals surface area (Å²) in [5.74, 6) is 0.857. The SMILES string of the molecule is CCOc1ccc(CC(=O)N(CCCN2CCOCC2)c2nc3ccc(Cl)cc3s2)cc1. The molecule has 0 unspecified atom stereocenters. The number of benzene rings is 2. The molecule has 0 aliphatic carbocycles. The van der Waals surface area contributed by atoms with Crippen LogP contribution < -0.4 is 9.64 Å². The van der Waals surface area contributed by atoms with E-state index in [0.29, 0.717) is 24.6 Å². The number of halogens is 1. The van der Waals surface area contributed by atoms with E-state index in [0.717, 1.165) is 65.9 Å². The average molecular weight is 474 g/mol. The molecule has 1 aromatic heterocycles. The molecule has 1 fully saturated rings. The largest absolute Gasteiger partial charge is 0.494 e. The van der Waals surface area contributed by atoms with Crippen molar-refractivity contribution in [2.24, 2.45) is 0 Å². The highest BCUT2D eigenvalue weighted by molar-refractivity contribution is 7.22. The Hall–Kier alpha value is -2.19. The summed E-state index contributed by atoms with van der Waals surface area (Å²) >= 11 is 7.66. The van der Waals surface area contributed by atoms with Crippen LogP contribution in [0.4, 0.5) is 5.13 Å². The van der Waals surface area contributed by atoms with Crippen LogP contribution in [0.2, 0.25) is 5.02 Å². The molecule has 3 aromatic rings. The summed E-state index contributed by atoms with van der Waals surface area (Å²) in [6, 6.07) is 13.4. The maximum atomic E-state index is 13.4. The average Bonchev–Trinajstić information content (AvgIpc) is 3.21. The summed E-state index contributed by atoms with van der Waals surface area (Å²) in [7, 11) is 0. The fourth-order valence-corrected chi connectivity index (χ4v) is 5.03. The first-order valence-electron chi connectivity index (χ1n) is 11.0. The minimum Gasteiger partial charge on any atom is -0.494 e. The standard InChI is InChI=1S/C24H28ClN3O3S/c1-2-31-20-7-4-18(5-8-20)16-23(29)28(11-3-10-27-12-14-30-15-13-27)24-26-21-9-6-19(25)17-22(21)32-24/h4-9,17H,2-3,10-16H2,1H3. The molecule has 32 heavy (non-hydrogen) atoms. The lowest BCUT2D eigenvalue weighted by Crippen LogP contribution is -2.39. The van der Waals surface area contributed by atoms with Crippen molar-refractivity contribution in [3.63, 3.8) is 0 Å². The molecular formula is C24H28ClN3O3S. The Bertz CT molecular complexity index is 1030. The van der Waals surface area contributed by atoms with Gasteiger partial charge in [0.2, 0.25) is 5.91 Å². The fraction of sp³-hybridized carbons (Fsp3) is 0.417. The van der Waals surface area contributed by atoms with Crippen molar-refractivity contribution >= 4 is 44.2 Å². The van der Waals surface area contributed by atoms with Gasteiger partial charge in [-0.15, -0.1) is 0 Å². The lowest BCUT2D eigenvalue weighted by molar-refractivity contribution is -0.118. The van der Waals surface area contributed by atoms with Crippen LogP contribution in [0.15, 0.2) is 42.5 Å². The molecule has 6 nitrogen and oxygen atoms in total. The van der Waals surface area contributed by atoms with E-state index in [1.165, 1.54) is 11.3 Å². The molecule has 2 heterocycles. The Balaban J connectivity index is 1.49. The smallest absolute Gasteiger partial charge is 0.233 e. The zero-order valence-corrected chi connectivity index (χ0v) is 19.8. The Morgan fingerprint density at radius 2 is 2.00 bits per heavy atom. The van der Waals surface area contributed by atoms with Crippen molar-refractivity contribution < 1.29 is 14.3 Å². The first kappa shape index (κ1) is 23.0. The van der Waals surface area contributed by atoms with E-state index < -0.39 is 0 Å². The molecule has 0 bridgehead atoms. The highest BCUT2D eigenvalue weighted by atomic mass is 35.5. The second kappa shape index (κ2) is 11.1. The molecule has 0 atom stereocenters. The number of rotatable bonds is 9. The van der Waals surface area contributed by atoms with Gasteiger partial charge >= 0.3 is 0 Å². The number of aromatic nitrogens is 1. The van der Waals surface area contributed by atoms with Crippen molar-refractivity contribution in [1.29, 1.82) is 0 Å². The van der Waals surface area contributed by atoms with Gasteiger partial charge in [0.25, 0.3) is 0 Å². The van der Waals surface area contributed by atoms with Gasteiger partial charge in [0, 0.05) is 31.2 Å². The van der Waals surface area contributed by atoms with E-state index in [9.17, 15) is 4.79 Å². The number of anilines is 1. The molecule has 1 saturated heterocycles. The third-order valence-corrected chi connectivity index (χ3v) is 6.70. The third kappa shape index (κ3) is 5.98. The van der Waals surface area contributed by atoms with E-state index in [1.807, 2.05) is 54.3 Å². The Morgan fingerprint density at radius 3 is 2.75 bits per heavy atom. The van der Waals surface area contributed by atoms with E-state index in [-0.39, 0.29) is 5.91 Å². The molecule has 1 aliphatic heterocycles. The van der Waals surface area contributed by atoms with Gasteiger partial charge in [-0.1, -0.05) is 35.1 Å². The molecule has 0 saturated carbocycles. The van der Waals surface area contributed by atoms with Crippen LogP contribution in [0.3, 0.4) is 0 Å². The Labute approximate surface area is 197 Å². The number of fused-ring (bicyclic) bond motifs is 1. The second-order valence-corrected chi connectivity index (χ2v) is 9.16. The van der Waals surface area contributed by atoms with Crippen LogP contribution in [0.5, 0.6) is 5.75 Å². The summed E-state index contributed by atoms with van der Waals surface area (Å²) in [5.41, 5.74) is 1.82. The zero-order valence-electron chi connectivity index (χ0n) is 18.3. The van der Waals surface area contributed by atoms with E-state index in [4.69, 9.17) is 26.1 Å². The van der Waals surface area contributed by atoms with Gasteiger partial charge in [-0.25, -0.2) is 4.98 Å². The summed E-state index contributed by atoms with van der Waals surface area (Å²) in [6.07, 6.45) is 1.20. The first-order valence-corrected chi connectivity index (χ1v) is 12.2.